The van der Waals surface area contributed by atoms with Gasteiger partial charge in [0.2, 0.25) is 11.8 Å². The number of hydrogen-bond acceptors (Lipinski definition) is 3. The van der Waals surface area contributed by atoms with Crippen LogP contribution in [0.25, 0.3) is 0 Å². The normalized spacial score (nSPS) is 11.0. The minimum atomic E-state index is -4.54. The number of hydrogen-bond donors (Lipinski definition) is 2. The summed E-state index contributed by atoms with van der Waals surface area (Å²) >= 11 is 5.59. The highest BCUT2D eigenvalue weighted by Crippen LogP contribution is 2.30. The fraction of sp³-hybridized carbons (Fsp3) is 0.133. The second kappa shape index (κ2) is 7.39. The highest BCUT2D eigenvalue weighted by atomic mass is 35.5. The number of alkyl halides is 3. The van der Waals surface area contributed by atoms with E-state index in [1.54, 1.807) is 0 Å². The summed E-state index contributed by atoms with van der Waals surface area (Å²) in [6.45, 7) is 0. The molecule has 1 aromatic carbocycles. The van der Waals surface area contributed by atoms with E-state index >= 15 is 0 Å². The van der Waals surface area contributed by atoms with E-state index in [0.29, 0.717) is 4.73 Å². The molecule has 10 heteroatoms. The molecule has 0 atom stereocenters. The van der Waals surface area contributed by atoms with E-state index < -0.39 is 30.0 Å². The summed E-state index contributed by atoms with van der Waals surface area (Å²) in [7, 11) is 0. The van der Waals surface area contributed by atoms with Crippen LogP contribution in [0.1, 0.15) is 12.0 Å². The molecule has 2 aromatic rings. The number of rotatable bonds is 4. The van der Waals surface area contributed by atoms with Crippen molar-refractivity contribution in [2.45, 2.75) is 12.6 Å². The number of carbonyl (C=O) groups excluding carboxylic acids is 2. The number of amides is 2. The summed E-state index contributed by atoms with van der Waals surface area (Å²) in [5.74, 6) is -1.51. The van der Waals surface area contributed by atoms with Crippen LogP contribution in [-0.2, 0) is 15.8 Å². The molecule has 0 aliphatic heterocycles. The van der Waals surface area contributed by atoms with Crippen molar-refractivity contribution in [3.8, 4) is 0 Å². The maximum Gasteiger partial charge on any atom is 0.416 e. The van der Waals surface area contributed by atoms with Crippen molar-refractivity contribution in [2.75, 3.05) is 10.6 Å². The predicted octanol–water partition coefficient (Wildman–Crippen LogP) is 2.96. The van der Waals surface area contributed by atoms with Crippen molar-refractivity contribution >= 4 is 34.8 Å². The first-order valence-corrected chi connectivity index (χ1v) is 7.18. The van der Waals surface area contributed by atoms with E-state index in [9.17, 15) is 28.0 Å². The third kappa shape index (κ3) is 5.35. The molecule has 0 fully saturated rings. The Kier molecular flexibility index (Phi) is 5.48. The van der Waals surface area contributed by atoms with E-state index in [0.717, 1.165) is 24.4 Å². The molecule has 0 saturated heterocycles. The number of pyridine rings is 1. The molecular weight excluding hydrogens is 363 g/mol. The van der Waals surface area contributed by atoms with Gasteiger partial charge in [-0.15, -0.1) is 0 Å². The number of carbonyl (C=O) groups is 2. The molecule has 25 heavy (non-hydrogen) atoms. The Bertz CT molecular complexity index is 812. The fourth-order valence-electron chi connectivity index (χ4n) is 1.87. The Morgan fingerprint density at radius 2 is 1.68 bits per heavy atom. The van der Waals surface area contributed by atoms with Crippen molar-refractivity contribution in [1.29, 1.82) is 0 Å². The summed E-state index contributed by atoms with van der Waals surface area (Å²) in [6, 6.07) is 6.51. The van der Waals surface area contributed by atoms with Crippen LogP contribution >= 0.6 is 11.6 Å². The monoisotopic (exact) mass is 373 g/mol. The fourth-order valence-corrected chi connectivity index (χ4v) is 2.04. The largest absolute Gasteiger partial charge is 0.618 e. The Hall–Kier alpha value is -2.81. The molecule has 2 rings (SSSR count). The van der Waals surface area contributed by atoms with Crippen LogP contribution in [0.15, 0.2) is 42.6 Å². The van der Waals surface area contributed by atoms with Gasteiger partial charge >= 0.3 is 6.18 Å². The average molecular weight is 374 g/mol. The molecule has 0 unspecified atom stereocenters. The number of nitrogens with zero attached hydrogens (tertiary/aromatic N) is 1. The van der Waals surface area contributed by atoms with Crippen LogP contribution in [-0.4, -0.2) is 11.8 Å². The van der Waals surface area contributed by atoms with Gasteiger partial charge in [0.1, 0.15) is 6.42 Å². The second-order valence-electron chi connectivity index (χ2n) is 4.92. The van der Waals surface area contributed by atoms with Crippen molar-refractivity contribution in [3.63, 3.8) is 0 Å². The van der Waals surface area contributed by atoms with Crippen molar-refractivity contribution in [1.82, 2.24) is 0 Å². The third-order valence-electron chi connectivity index (χ3n) is 2.95. The summed E-state index contributed by atoms with van der Waals surface area (Å²) < 4.78 is 38.2. The molecule has 132 valence electrons. The van der Waals surface area contributed by atoms with Gasteiger partial charge in [0.15, 0.2) is 6.20 Å². The standard InChI is InChI=1S/C15H11ClF3N3O3/c16-12-7-11(4-5-22(12)25)21-14(24)8-13(23)20-10-3-1-2-9(6-10)15(17,18)19/h1-7H,8H2,(H,20,23)(H,21,24). The minimum absolute atomic E-state index is 0.0808. The molecule has 0 aliphatic rings. The lowest BCUT2D eigenvalue weighted by Crippen LogP contribution is -2.27. The number of benzene rings is 1. The Labute approximate surface area is 144 Å². The smallest absolute Gasteiger partial charge is 0.416 e. The van der Waals surface area contributed by atoms with Crippen LogP contribution in [0, 0.1) is 5.21 Å². The van der Waals surface area contributed by atoms with E-state index in [2.05, 4.69) is 10.6 Å². The minimum Gasteiger partial charge on any atom is -0.618 e. The highest BCUT2D eigenvalue weighted by molar-refractivity contribution is 6.28. The Balaban J connectivity index is 1.95. The lowest BCUT2D eigenvalue weighted by atomic mass is 10.2. The first kappa shape index (κ1) is 18.5. The van der Waals surface area contributed by atoms with Crippen LogP contribution in [0.2, 0.25) is 5.15 Å². The molecule has 1 heterocycles. The molecular formula is C15H11ClF3N3O3. The van der Waals surface area contributed by atoms with Crippen LogP contribution < -0.4 is 15.4 Å². The van der Waals surface area contributed by atoms with Gasteiger partial charge in [-0.05, 0) is 29.8 Å². The van der Waals surface area contributed by atoms with Crippen LogP contribution in [0.5, 0.6) is 0 Å². The number of nitrogens with one attached hydrogen (secondary N) is 2. The van der Waals surface area contributed by atoms with Gasteiger partial charge in [-0.2, -0.15) is 17.9 Å². The summed E-state index contributed by atoms with van der Waals surface area (Å²) in [4.78, 5) is 23.5. The van der Waals surface area contributed by atoms with Gasteiger partial charge in [-0.1, -0.05) is 6.07 Å². The van der Waals surface area contributed by atoms with E-state index in [-0.39, 0.29) is 16.5 Å². The van der Waals surface area contributed by atoms with Crippen LogP contribution in [0.3, 0.4) is 0 Å². The predicted molar refractivity (Wildman–Crippen MR) is 83.7 cm³/mol. The lowest BCUT2D eigenvalue weighted by molar-refractivity contribution is -0.602. The second-order valence-corrected chi connectivity index (χ2v) is 5.30. The molecule has 2 N–H and O–H groups in total. The van der Waals surface area contributed by atoms with Crippen molar-refractivity contribution in [3.05, 3.63) is 58.5 Å². The van der Waals surface area contributed by atoms with E-state index in [1.165, 1.54) is 18.2 Å². The average Bonchev–Trinajstić information content (AvgIpc) is 2.50. The molecule has 0 aliphatic carbocycles. The SMILES string of the molecule is O=C(CC(=O)Nc1cc[n+]([O-])c(Cl)c1)Nc1cccc(C(F)(F)F)c1. The molecule has 2 amide bonds. The van der Waals surface area contributed by atoms with Gasteiger partial charge < -0.3 is 15.8 Å². The van der Waals surface area contributed by atoms with Gasteiger partial charge in [0.05, 0.1) is 11.3 Å². The molecule has 0 radical (unpaired) electrons. The van der Waals surface area contributed by atoms with Gasteiger partial charge in [-0.25, -0.2) is 0 Å². The zero-order chi connectivity index (χ0) is 18.6. The first-order chi connectivity index (χ1) is 11.6. The van der Waals surface area contributed by atoms with Crippen molar-refractivity contribution in [2.24, 2.45) is 0 Å². The zero-order valence-corrected chi connectivity index (χ0v) is 13.2. The number of halogens is 4. The third-order valence-corrected chi connectivity index (χ3v) is 3.23. The van der Waals surface area contributed by atoms with E-state index in [4.69, 9.17) is 11.6 Å². The zero-order valence-electron chi connectivity index (χ0n) is 12.4. The summed E-state index contributed by atoms with van der Waals surface area (Å²) in [5.41, 5.74) is -0.795. The Morgan fingerprint density at radius 1 is 1.08 bits per heavy atom. The van der Waals surface area contributed by atoms with Crippen LogP contribution in [0.4, 0.5) is 24.5 Å². The summed E-state index contributed by atoms with van der Waals surface area (Å²) in [5, 5.41) is 15.4. The van der Waals surface area contributed by atoms with Crippen molar-refractivity contribution < 1.29 is 27.5 Å². The molecule has 0 bridgehead atoms. The van der Waals surface area contributed by atoms with Gasteiger partial charge in [-0.3, -0.25) is 9.59 Å². The molecule has 1 aromatic heterocycles. The lowest BCUT2D eigenvalue weighted by Gasteiger charge is -2.10. The number of aromatic nitrogens is 1. The maximum absolute atomic E-state index is 12.6. The first-order valence-electron chi connectivity index (χ1n) is 6.81. The van der Waals surface area contributed by atoms with Gasteiger partial charge in [0, 0.05) is 17.8 Å². The summed E-state index contributed by atoms with van der Waals surface area (Å²) in [6.07, 6.45) is -4.09. The molecule has 0 spiro atoms. The maximum atomic E-state index is 12.6. The highest BCUT2D eigenvalue weighted by Gasteiger charge is 2.30. The quantitative estimate of drug-likeness (QED) is 0.374. The molecule has 6 nitrogen and oxygen atoms in total. The topological polar surface area (TPSA) is 85.1 Å². The number of anilines is 2. The van der Waals surface area contributed by atoms with Gasteiger partial charge in [0.25, 0.3) is 5.15 Å². The van der Waals surface area contributed by atoms with E-state index in [1.807, 2.05) is 0 Å². The molecule has 0 saturated carbocycles. The Morgan fingerprint density at radius 3 is 2.24 bits per heavy atom.